The van der Waals surface area contributed by atoms with E-state index in [4.69, 9.17) is 4.74 Å². The Balaban J connectivity index is 1.45. The first kappa shape index (κ1) is 17.2. The van der Waals surface area contributed by atoms with Crippen molar-refractivity contribution in [3.63, 3.8) is 0 Å². The van der Waals surface area contributed by atoms with Gasteiger partial charge in [-0.2, -0.15) is 0 Å². The van der Waals surface area contributed by atoms with Crippen LogP contribution < -0.4 is 0 Å². The molecule has 2 aliphatic heterocycles. The van der Waals surface area contributed by atoms with E-state index in [2.05, 4.69) is 11.0 Å². The fourth-order valence-electron chi connectivity index (χ4n) is 3.99. The van der Waals surface area contributed by atoms with Gasteiger partial charge in [0, 0.05) is 33.2 Å². The predicted molar refractivity (Wildman–Crippen MR) is 93.1 cm³/mol. The van der Waals surface area contributed by atoms with Gasteiger partial charge in [-0.1, -0.05) is 12.1 Å². The number of hydrogen-bond donors (Lipinski definition) is 1. The van der Waals surface area contributed by atoms with Gasteiger partial charge in [-0.3, -0.25) is 4.79 Å². The standard InChI is InChI=1S/C19H28N2O3/c1-24-10-9-21-14-15(11-19(21)23)13-20-7-5-16(6-8-20)17-3-2-4-18(22)12-17/h2-4,12,15-16,22H,5-11,13-14H2,1H3. The van der Waals surface area contributed by atoms with Crippen LogP contribution >= 0.6 is 0 Å². The number of nitrogens with zero attached hydrogens (tertiary/aromatic N) is 2. The van der Waals surface area contributed by atoms with Crippen molar-refractivity contribution in [3.8, 4) is 5.75 Å². The van der Waals surface area contributed by atoms with E-state index in [1.807, 2.05) is 17.0 Å². The minimum atomic E-state index is 0.270. The number of ether oxygens (including phenoxy) is 1. The van der Waals surface area contributed by atoms with Crippen molar-refractivity contribution < 1.29 is 14.6 Å². The molecule has 3 rings (SSSR count). The Labute approximate surface area is 144 Å². The zero-order chi connectivity index (χ0) is 16.9. The van der Waals surface area contributed by atoms with Gasteiger partial charge in [0.1, 0.15) is 5.75 Å². The predicted octanol–water partition coefficient (Wildman–Crippen LogP) is 2.07. The van der Waals surface area contributed by atoms with Crippen LogP contribution in [0.1, 0.15) is 30.7 Å². The number of methoxy groups -OCH3 is 1. The summed E-state index contributed by atoms with van der Waals surface area (Å²) in [5.41, 5.74) is 1.25. The Morgan fingerprint density at radius 3 is 2.79 bits per heavy atom. The molecule has 1 N–H and O–H groups in total. The van der Waals surface area contributed by atoms with E-state index >= 15 is 0 Å². The topological polar surface area (TPSA) is 53.0 Å². The van der Waals surface area contributed by atoms with Crippen molar-refractivity contribution in [1.29, 1.82) is 0 Å². The first-order valence-electron chi connectivity index (χ1n) is 8.93. The molecule has 132 valence electrons. The van der Waals surface area contributed by atoms with E-state index in [0.717, 1.165) is 39.0 Å². The molecule has 0 aliphatic carbocycles. The van der Waals surface area contributed by atoms with Gasteiger partial charge in [0.2, 0.25) is 5.91 Å². The van der Waals surface area contributed by atoms with Crippen molar-refractivity contribution in [2.45, 2.75) is 25.2 Å². The smallest absolute Gasteiger partial charge is 0.223 e. The number of piperidine rings is 1. The number of phenols is 1. The van der Waals surface area contributed by atoms with E-state index in [-0.39, 0.29) is 5.91 Å². The number of carbonyl (C=O) groups is 1. The first-order chi connectivity index (χ1) is 11.7. The maximum absolute atomic E-state index is 12.0. The highest BCUT2D eigenvalue weighted by Gasteiger charge is 2.31. The average Bonchev–Trinajstić information content (AvgIpc) is 2.93. The Bertz CT molecular complexity index is 555. The number of hydrogen-bond acceptors (Lipinski definition) is 4. The maximum atomic E-state index is 12.0. The molecule has 1 unspecified atom stereocenters. The summed E-state index contributed by atoms with van der Waals surface area (Å²) >= 11 is 0. The molecule has 2 fully saturated rings. The molecule has 0 radical (unpaired) electrons. The summed E-state index contributed by atoms with van der Waals surface area (Å²) in [4.78, 5) is 16.5. The second kappa shape index (κ2) is 7.99. The molecule has 24 heavy (non-hydrogen) atoms. The Morgan fingerprint density at radius 1 is 1.29 bits per heavy atom. The van der Waals surface area contributed by atoms with E-state index in [1.54, 1.807) is 13.2 Å². The molecule has 2 heterocycles. The molecule has 0 saturated carbocycles. The summed E-state index contributed by atoms with van der Waals surface area (Å²) in [5, 5.41) is 9.64. The minimum absolute atomic E-state index is 0.270. The second-order valence-electron chi connectivity index (χ2n) is 7.07. The van der Waals surface area contributed by atoms with Gasteiger partial charge in [-0.05, 0) is 55.5 Å². The van der Waals surface area contributed by atoms with E-state index in [1.165, 1.54) is 5.56 Å². The van der Waals surface area contributed by atoms with Gasteiger partial charge in [0.25, 0.3) is 0 Å². The lowest BCUT2D eigenvalue weighted by atomic mass is 9.89. The molecule has 5 nitrogen and oxygen atoms in total. The number of amides is 1. The lowest BCUT2D eigenvalue weighted by molar-refractivity contribution is -0.128. The highest BCUT2D eigenvalue weighted by molar-refractivity contribution is 5.78. The molecule has 2 saturated heterocycles. The fourth-order valence-corrected chi connectivity index (χ4v) is 3.99. The molecule has 1 aromatic carbocycles. The van der Waals surface area contributed by atoms with Crippen LogP contribution in [-0.2, 0) is 9.53 Å². The van der Waals surface area contributed by atoms with Crippen molar-refractivity contribution in [2.24, 2.45) is 5.92 Å². The monoisotopic (exact) mass is 332 g/mol. The van der Waals surface area contributed by atoms with Gasteiger partial charge < -0.3 is 19.6 Å². The Morgan fingerprint density at radius 2 is 2.08 bits per heavy atom. The quantitative estimate of drug-likeness (QED) is 0.866. The summed E-state index contributed by atoms with van der Waals surface area (Å²) in [6, 6.07) is 7.66. The number of phenolic OH excluding ortho intramolecular Hbond substituents is 1. The van der Waals surface area contributed by atoms with Crippen LogP contribution in [0.3, 0.4) is 0 Å². The number of likely N-dealkylation sites (tertiary alicyclic amines) is 2. The van der Waals surface area contributed by atoms with Gasteiger partial charge in [-0.15, -0.1) is 0 Å². The number of carbonyl (C=O) groups excluding carboxylic acids is 1. The highest BCUT2D eigenvalue weighted by Crippen LogP contribution is 2.30. The Kier molecular flexibility index (Phi) is 5.74. The molecule has 2 aliphatic rings. The van der Waals surface area contributed by atoms with Crippen LogP contribution in [0.25, 0.3) is 0 Å². The van der Waals surface area contributed by atoms with E-state index in [9.17, 15) is 9.90 Å². The third-order valence-corrected chi connectivity index (χ3v) is 5.31. The maximum Gasteiger partial charge on any atom is 0.223 e. The number of benzene rings is 1. The lowest BCUT2D eigenvalue weighted by Gasteiger charge is -2.33. The summed E-state index contributed by atoms with van der Waals surface area (Å²) in [6.07, 6.45) is 2.92. The molecule has 0 aromatic heterocycles. The van der Waals surface area contributed by atoms with Crippen LogP contribution in [0.2, 0.25) is 0 Å². The lowest BCUT2D eigenvalue weighted by Crippen LogP contribution is -2.37. The Hall–Kier alpha value is -1.59. The molecule has 1 aromatic rings. The molecule has 1 atom stereocenters. The van der Waals surface area contributed by atoms with Crippen LogP contribution in [0.5, 0.6) is 5.75 Å². The van der Waals surface area contributed by atoms with Crippen molar-refractivity contribution in [2.75, 3.05) is 46.4 Å². The van der Waals surface area contributed by atoms with Crippen LogP contribution in [0.4, 0.5) is 0 Å². The summed E-state index contributed by atoms with van der Waals surface area (Å²) < 4.78 is 5.08. The summed E-state index contributed by atoms with van der Waals surface area (Å²) in [5.74, 6) is 1.62. The zero-order valence-corrected chi connectivity index (χ0v) is 14.5. The van der Waals surface area contributed by atoms with E-state index in [0.29, 0.717) is 37.2 Å². The van der Waals surface area contributed by atoms with Crippen LogP contribution in [0, 0.1) is 5.92 Å². The molecular weight excluding hydrogens is 304 g/mol. The zero-order valence-electron chi connectivity index (χ0n) is 14.5. The van der Waals surface area contributed by atoms with E-state index < -0.39 is 0 Å². The minimum Gasteiger partial charge on any atom is -0.508 e. The van der Waals surface area contributed by atoms with Crippen LogP contribution in [0.15, 0.2) is 24.3 Å². The van der Waals surface area contributed by atoms with Crippen molar-refractivity contribution in [1.82, 2.24) is 9.80 Å². The van der Waals surface area contributed by atoms with Gasteiger partial charge in [-0.25, -0.2) is 0 Å². The van der Waals surface area contributed by atoms with Gasteiger partial charge >= 0.3 is 0 Å². The summed E-state index contributed by atoms with van der Waals surface area (Å²) in [7, 11) is 1.68. The van der Waals surface area contributed by atoms with Gasteiger partial charge in [0.05, 0.1) is 6.61 Å². The third-order valence-electron chi connectivity index (χ3n) is 5.31. The SMILES string of the molecule is COCCN1CC(CN2CCC(c3cccc(O)c3)CC2)CC1=O. The third kappa shape index (κ3) is 4.28. The average molecular weight is 332 g/mol. The van der Waals surface area contributed by atoms with Crippen molar-refractivity contribution in [3.05, 3.63) is 29.8 Å². The largest absolute Gasteiger partial charge is 0.508 e. The van der Waals surface area contributed by atoms with Gasteiger partial charge in [0.15, 0.2) is 0 Å². The normalized spacial score (nSPS) is 23.1. The number of rotatable bonds is 6. The molecule has 5 heteroatoms. The van der Waals surface area contributed by atoms with Crippen molar-refractivity contribution >= 4 is 5.91 Å². The van der Waals surface area contributed by atoms with Crippen LogP contribution in [-0.4, -0.2) is 67.3 Å². The number of aromatic hydroxyl groups is 1. The summed E-state index contributed by atoms with van der Waals surface area (Å²) in [6.45, 7) is 5.36. The molecule has 0 bridgehead atoms. The first-order valence-corrected chi connectivity index (χ1v) is 8.93. The highest BCUT2D eigenvalue weighted by atomic mass is 16.5. The fraction of sp³-hybridized carbons (Fsp3) is 0.632. The molecule has 1 amide bonds. The molecular formula is C19H28N2O3. The second-order valence-corrected chi connectivity index (χ2v) is 7.07. The molecule has 0 spiro atoms.